The number of thioether (sulfide) groups is 1. The first-order valence-corrected chi connectivity index (χ1v) is 10.2. The van der Waals surface area contributed by atoms with Crippen LogP contribution in [0.15, 0.2) is 54.6 Å². The number of amides is 1. The molecular weight excluding hydrogens is 344 g/mol. The van der Waals surface area contributed by atoms with Crippen molar-refractivity contribution >= 4 is 23.4 Å². The van der Waals surface area contributed by atoms with Gasteiger partial charge in [0, 0.05) is 31.1 Å². The summed E-state index contributed by atoms with van der Waals surface area (Å²) >= 11 is 1.82. The van der Waals surface area contributed by atoms with E-state index in [0.29, 0.717) is 0 Å². The lowest BCUT2D eigenvalue weighted by Gasteiger charge is -2.25. The first-order valence-electron chi connectivity index (χ1n) is 9.16. The highest BCUT2D eigenvalue weighted by atomic mass is 32.2. The summed E-state index contributed by atoms with van der Waals surface area (Å²) in [4.78, 5) is 16.9. The predicted octanol–water partition coefficient (Wildman–Crippen LogP) is 4.19. The second kappa shape index (κ2) is 8.99. The summed E-state index contributed by atoms with van der Waals surface area (Å²) < 4.78 is 5.64. The van der Waals surface area contributed by atoms with Crippen LogP contribution in [0.5, 0.6) is 5.75 Å². The second-order valence-electron chi connectivity index (χ2n) is 6.18. The quantitative estimate of drug-likeness (QED) is 0.732. The summed E-state index contributed by atoms with van der Waals surface area (Å²) in [5.41, 5.74) is 2.41. The van der Waals surface area contributed by atoms with E-state index in [1.165, 1.54) is 11.3 Å². The first-order chi connectivity index (χ1) is 12.7. The van der Waals surface area contributed by atoms with E-state index in [1.54, 1.807) is 0 Å². The number of benzene rings is 2. The molecule has 1 unspecified atom stereocenters. The monoisotopic (exact) mass is 370 g/mol. The summed E-state index contributed by atoms with van der Waals surface area (Å²) in [6.07, 6.45) is 0. The van der Waals surface area contributed by atoms with Crippen LogP contribution in [0.1, 0.15) is 24.8 Å². The van der Waals surface area contributed by atoms with E-state index >= 15 is 0 Å². The Labute approximate surface area is 160 Å². The lowest BCUT2D eigenvalue weighted by Crippen LogP contribution is -2.34. The topological polar surface area (TPSA) is 32.8 Å². The summed E-state index contributed by atoms with van der Waals surface area (Å²) in [7, 11) is 0. The van der Waals surface area contributed by atoms with E-state index in [4.69, 9.17) is 4.74 Å². The van der Waals surface area contributed by atoms with Crippen LogP contribution in [0.3, 0.4) is 0 Å². The molecule has 0 aromatic heterocycles. The van der Waals surface area contributed by atoms with Gasteiger partial charge in [-0.1, -0.05) is 30.3 Å². The molecule has 1 amide bonds. The molecule has 2 aromatic rings. The normalized spacial score (nSPS) is 16.5. The Bertz CT molecular complexity index is 702. The van der Waals surface area contributed by atoms with Crippen LogP contribution < -0.4 is 9.64 Å². The SMILES string of the molecule is CCN(CC)c1ccc(C2SCCN2C(=O)COc2ccccc2)cc1. The molecule has 0 radical (unpaired) electrons. The Hall–Kier alpha value is -2.14. The summed E-state index contributed by atoms with van der Waals surface area (Å²) in [6, 6.07) is 18.1. The number of hydrogen-bond donors (Lipinski definition) is 0. The Morgan fingerprint density at radius 2 is 1.81 bits per heavy atom. The molecule has 138 valence electrons. The van der Waals surface area contributed by atoms with Gasteiger partial charge in [-0.3, -0.25) is 4.79 Å². The van der Waals surface area contributed by atoms with Crippen LogP contribution in [0.2, 0.25) is 0 Å². The molecule has 26 heavy (non-hydrogen) atoms. The van der Waals surface area contributed by atoms with Crippen molar-refractivity contribution in [1.29, 1.82) is 0 Å². The average Bonchev–Trinajstić information content (AvgIpc) is 3.18. The van der Waals surface area contributed by atoms with E-state index in [2.05, 4.69) is 43.0 Å². The summed E-state index contributed by atoms with van der Waals surface area (Å²) in [5.74, 6) is 1.73. The van der Waals surface area contributed by atoms with Crippen molar-refractivity contribution < 1.29 is 9.53 Å². The van der Waals surface area contributed by atoms with Gasteiger partial charge < -0.3 is 14.5 Å². The molecule has 3 rings (SSSR count). The third-order valence-electron chi connectivity index (χ3n) is 4.62. The molecule has 1 atom stereocenters. The van der Waals surface area contributed by atoms with Gasteiger partial charge in [0.1, 0.15) is 11.1 Å². The molecule has 0 saturated carbocycles. The van der Waals surface area contributed by atoms with Crippen molar-refractivity contribution in [3.8, 4) is 5.75 Å². The highest BCUT2D eigenvalue weighted by Gasteiger charge is 2.30. The van der Waals surface area contributed by atoms with Crippen molar-refractivity contribution in [2.75, 3.05) is 36.9 Å². The van der Waals surface area contributed by atoms with Crippen molar-refractivity contribution in [2.24, 2.45) is 0 Å². The molecule has 0 spiro atoms. The van der Waals surface area contributed by atoms with Gasteiger partial charge >= 0.3 is 0 Å². The van der Waals surface area contributed by atoms with Crippen molar-refractivity contribution in [2.45, 2.75) is 19.2 Å². The van der Waals surface area contributed by atoms with Gasteiger partial charge in [0.2, 0.25) is 0 Å². The Morgan fingerprint density at radius 1 is 1.12 bits per heavy atom. The summed E-state index contributed by atoms with van der Waals surface area (Å²) in [5, 5.41) is 0.0765. The van der Waals surface area contributed by atoms with Gasteiger partial charge in [0.25, 0.3) is 5.91 Å². The maximum absolute atomic E-state index is 12.6. The third kappa shape index (κ3) is 4.33. The zero-order valence-corrected chi connectivity index (χ0v) is 16.2. The lowest BCUT2D eigenvalue weighted by atomic mass is 10.1. The fourth-order valence-corrected chi connectivity index (χ4v) is 4.46. The highest BCUT2D eigenvalue weighted by Crippen LogP contribution is 2.38. The molecule has 1 heterocycles. The zero-order chi connectivity index (χ0) is 18.4. The Kier molecular flexibility index (Phi) is 6.45. The highest BCUT2D eigenvalue weighted by molar-refractivity contribution is 7.99. The van der Waals surface area contributed by atoms with Gasteiger partial charge in [0.05, 0.1) is 0 Å². The van der Waals surface area contributed by atoms with Crippen molar-refractivity contribution in [1.82, 2.24) is 4.90 Å². The number of carbonyl (C=O) groups is 1. The third-order valence-corrected chi connectivity index (χ3v) is 5.88. The molecule has 2 aromatic carbocycles. The van der Waals surface area contributed by atoms with Crippen LogP contribution in [0, 0.1) is 0 Å². The molecule has 1 aliphatic heterocycles. The van der Waals surface area contributed by atoms with Crippen molar-refractivity contribution in [3.63, 3.8) is 0 Å². The molecular formula is C21H26N2O2S. The minimum Gasteiger partial charge on any atom is -0.484 e. The average molecular weight is 371 g/mol. The summed E-state index contributed by atoms with van der Waals surface area (Å²) in [6.45, 7) is 7.17. The molecule has 1 saturated heterocycles. The first kappa shape index (κ1) is 18.6. The standard InChI is InChI=1S/C21H26N2O2S/c1-3-22(4-2)18-12-10-17(11-13-18)21-23(14-15-26-21)20(24)16-25-19-8-6-5-7-9-19/h5-13,21H,3-4,14-16H2,1-2H3. The number of hydrogen-bond acceptors (Lipinski definition) is 4. The molecule has 0 N–H and O–H groups in total. The Morgan fingerprint density at radius 3 is 2.46 bits per heavy atom. The molecule has 1 aliphatic rings. The predicted molar refractivity (Wildman–Crippen MR) is 109 cm³/mol. The lowest BCUT2D eigenvalue weighted by molar-refractivity contribution is -0.133. The van der Waals surface area contributed by atoms with Gasteiger partial charge in [-0.05, 0) is 43.7 Å². The zero-order valence-electron chi connectivity index (χ0n) is 15.4. The van der Waals surface area contributed by atoms with Gasteiger partial charge in [-0.25, -0.2) is 0 Å². The molecule has 1 fully saturated rings. The van der Waals surface area contributed by atoms with Crippen molar-refractivity contribution in [3.05, 3.63) is 60.2 Å². The maximum atomic E-state index is 12.6. The van der Waals surface area contributed by atoms with Crippen LogP contribution in [0.25, 0.3) is 0 Å². The van der Waals surface area contributed by atoms with E-state index in [9.17, 15) is 4.79 Å². The number of anilines is 1. The van der Waals surface area contributed by atoms with Crippen LogP contribution in [-0.2, 0) is 4.79 Å². The molecule has 5 heteroatoms. The largest absolute Gasteiger partial charge is 0.484 e. The minimum absolute atomic E-state index is 0.0386. The van der Waals surface area contributed by atoms with Gasteiger partial charge in [0.15, 0.2) is 6.61 Å². The van der Waals surface area contributed by atoms with E-state index in [1.807, 2.05) is 47.0 Å². The fourth-order valence-electron chi connectivity index (χ4n) is 3.18. The van der Waals surface area contributed by atoms with E-state index in [0.717, 1.165) is 31.1 Å². The van der Waals surface area contributed by atoms with E-state index < -0.39 is 0 Å². The maximum Gasteiger partial charge on any atom is 0.261 e. The van der Waals surface area contributed by atoms with E-state index in [-0.39, 0.29) is 17.9 Å². The molecule has 4 nitrogen and oxygen atoms in total. The Balaban J connectivity index is 1.64. The number of ether oxygens (including phenoxy) is 1. The van der Waals surface area contributed by atoms with Gasteiger partial charge in [-0.15, -0.1) is 11.8 Å². The minimum atomic E-state index is 0.0386. The second-order valence-corrected chi connectivity index (χ2v) is 7.36. The van der Waals surface area contributed by atoms with Crippen LogP contribution in [0.4, 0.5) is 5.69 Å². The number of carbonyl (C=O) groups excluding carboxylic acids is 1. The molecule has 0 bridgehead atoms. The smallest absolute Gasteiger partial charge is 0.261 e. The molecule has 0 aliphatic carbocycles. The van der Waals surface area contributed by atoms with Crippen LogP contribution >= 0.6 is 11.8 Å². The van der Waals surface area contributed by atoms with Gasteiger partial charge in [-0.2, -0.15) is 0 Å². The fraction of sp³-hybridized carbons (Fsp3) is 0.381. The number of rotatable bonds is 7. The van der Waals surface area contributed by atoms with Crippen LogP contribution in [-0.4, -0.2) is 42.8 Å². The number of nitrogens with zero attached hydrogens (tertiary/aromatic N) is 2. The number of para-hydroxylation sites is 1.